The van der Waals surface area contributed by atoms with Crippen LogP contribution in [0.25, 0.3) is 11.1 Å². The van der Waals surface area contributed by atoms with Gasteiger partial charge in [-0.1, -0.05) is 54.1 Å². The number of hydrogen-bond donors (Lipinski definition) is 0. The maximum atomic E-state index is 5.77. The Morgan fingerprint density at radius 1 is 1.14 bits per heavy atom. The Morgan fingerprint density at radius 3 is 2.73 bits per heavy atom. The molecule has 0 aromatic heterocycles. The smallest absolute Gasteiger partial charge is 0.0714 e. The van der Waals surface area contributed by atoms with Gasteiger partial charge in [0.05, 0.1) is 6.10 Å². The average Bonchev–Trinajstić information content (AvgIpc) is 2.96. The van der Waals surface area contributed by atoms with E-state index in [0.29, 0.717) is 6.10 Å². The molecule has 0 N–H and O–H groups in total. The molecule has 1 atom stereocenters. The summed E-state index contributed by atoms with van der Waals surface area (Å²) in [5, 5.41) is 0. The van der Waals surface area contributed by atoms with Crippen molar-refractivity contribution in [1.29, 1.82) is 0 Å². The van der Waals surface area contributed by atoms with Crippen LogP contribution in [0.15, 0.2) is 48.5 Å². The molecule has 3 rings (SSSR count). The summed E-state index contributed by atoms with van der Waals surface area (Å²) in [5.41, 5.74) is 5.41. The maximum Gasteiger partial charge on any atom is 0.0714 e. The van der Waals surface area contributed by atoms with Crippen LogP contribution >= 0.6 is 0 Å². The van der Waals surface area contributed by atoms with Gasteiger partial charge in [-0.05, 0) is 37.0 Å². The van der Waals surface area contributed by atoms with E-state index in [1.165, 1.54) is 22.3 Å². The third-order valence-electron chi connectivity index (χ3n) is 4.37. The maximum absolute atomic E-state index is 5.77. The van der Waals surface area contributed by atoms with Crippen LogP contribution in [0.2, 0.25) is 0 Å². The first kappa shape index (κ1) is 15.3. The third-order valence-corrected chi connectivity index (χ3v) is 4.37. The molecule has 2 heteroatoms. The molecule has 0 radical (unpaired) electrons. The van der Waals surface area contributed by atoms with Crippen LogP contribution in [0.3, 0.4) is 0 Å². The van der Waals surface area contributed by atoms with Gasteiger partial charge in [0.15, 0.2) is 0 Å². The van der Waals surface area contributed by atoms with Crippen LogP contribution < -0.4 is 0 Å². The van der Waals surface area contributed by atoms with Crippen molar-refractivity contribution in [2.75, 3.05) is 19.7 Å². The third kappa shape index (κ3) is 3.57. The van der Waals surface area contributed by atoms with Gasteiger partial charge < -0.3 is 4.74 Å². The number of rotatable bonds is 5. The van der Waals surface area contributed by atoms with Gasteiger partial charge in [0.25, 0.3) is 0 Å². The van der Waals surface area contributed by atoms with Crippen molar-refractivity contribution in [3.63, 3.8) is 0 Å². The second-order valence-corrected chi connectivity index (χ2v) is 6.13. The van der Waals surface area contributed by atoms with Crippen LogP contribution in [-0.2, 0) is 11.3 Å². The van der Waals surface area contributed by atoms with Crippen LogP contribution in [0.4, 0.5) is 0 Å². The fourth-order valence-electron chi connectivity index (χ4n) is 3.31. The summed E-state index contributed by atoms with van der Waals surface area (Å²) in [7, 11) is 0. The molecule has 1 saturated heterocycles. The fourth-order valence-corrected chi connectivity index (χ4v) is 3.31. The van der Waals surface area contributed by atoms with E-state index in [2.05, 4.69) is 67.3 Å². The second-order valence-electron chi connectivity index (χ2n) is 6.13. The summed E-state index contributed by atoms with van der Waals surface area (Å²) in [5.74, 6) is 0. The normalized spacial score (nSPS) is 18.7. The average molecular weight is 295 g/mol. The van der Waals surface area contributed by atoms with E-state index in [9.17, 15) is 0 Å². The molecule has 0 amide bonds. The van der Waals surface area contributed by atoms with E-state index in [1.807, 2.05) is 0 Å². The molecule has 2 aromatic carbocycles. The molecule has 1 heterocycles. The van der Waals surface area contributed by atoms with Crippen molar-refractivity contribution >= 4 is 0 Å². The quantitative estimate of drug-likeness (QED) is 0.816. The fraction of sp³-hybridized carbons (Fsp3) is 0.400. The van der Waals surface area contributed by atoms with Gasteiger partial charge in [-0.2, -0.15) is 0 Å². The summed E-state index contributed by atoms with van der Waals surface area (Å²) in [6.07, 6.45) is 1.57. The van der Waals surface area contributed by atoms with Gasteiger partial charge >= 0.3 is 0 Å². The molecular formula is C20H25NO. The molecule has 0 aliphatic carbocycles. The molecule has 1 unspecified atom stereocenters. The summed E-state index contributed by atoms with van der Waals surface area (Å²) < 4.78 is 5.77. The Morgan fingerprint density at radius 2 is 1.95 bits per heavy atom. The SMILES string of the molecule is CCOC1CCN(Cc2cc(C)ccc2-c2ccccc2)C1. The molecular weight excluding hydrogens is 270 g/mol. The first-order chi connectivity index (χ1) is 10.8. The minimum absolute atomic E-state index is 0.412. The lowest BCUT2D eigenvalue weighted by molar-refractivity contribution is 0.0683. The van der Waals surface area contributed by atoms with Crippen molar-refractivity contribution in [3.8, 4) is 11.1 Å². The Labute approximate surface area is 133 Å². The van der Waals surface area contributed by atoms with E-state index in [-0.39, 0.29) is 0 Å². The predicted molar refractivity (Wildman–Crippen MR) is 91.9 cm³/mol. The largest absolute Gasteiger partial charge is 0.377 e. The van der Waals surface area contributed by atoms with Crippen LogP contribution in [0.1, 0.15) is 24.5 Å². The minimum atomic E-state index is 0.412. The minimum Gasteiger partial charge on any atom is -0.377 e. The molecule has 0 saturated carbocycles. The molecule has 1 aliphatic rings. The number of ether oxygens (including phenoxy) is 1. The highest BCUT2D eigenvalue weighted by Gasteiger charge is 2.23. The Bertz CT molecular complexity index is 608. The molecule has 1 aliphatic heterocycles. The number of benzene rings is 2. The lowest BCUT2D eigenvalue weighted by Crippen LogP contribution is -2.23. The number of aryl methyl sites for hydroxylation is 1. The van der Waals surface area contributed by atoms with Gasteiger partial charge in [0, 0.05) is 26.2 Å². The van der Waals surface area contributed by atoms with Crippen molar-refractivity contribution in [1.82, 2.24) is 4.90 Å². The predicted octanol–water partition coefficient (Wildman–Crippen LogP) is 4.27. The van der Waals surface area contributed by atoms with E-state index >= 15 is 0 Å². The molecule has 116 valence electrons. The van der Waals surface area contributed by atoms with Crippen molar-refractivity contribution in [2.24, 2.45) is 0 Å². The van der Waals surface area contributed by atoms with Gasteiger partial charge in [-0.15, -0.1) is 0 Å². The number of likely N-dealkylation sites (tertiary alicyclic amines) is 1. The zero-order valence-electron chi connectivity index (χ0n) is 13.6. The zero-order chi connectivity index (χ0) is 15.4. The van der Waals surface area contributed by atoms with Crippen molar-refractivity contribution in [2.45, 2.75) is 32.9 Å². The molecule has 2 aromatic rings. The highest BCUT2D eigenvalue weighted by Crippen LogP contribution is 2.27. The summed E-state index contributed by atoms with van der Waals surface area (Å²) >= 11 is 0. The van der Waals surface area contributed by atoms with Gasteiger partial charge in [0.1, 0.15) is 0 Å². The topological polar surface area (TPSA) is 12.5 Å². The van der Waals surface area contributed by atoms with Crippen molar-refractivity contribution < 1.29 is 4.74 Å². The molecule has 1 fully saturated rings. The number of nitrogens with zero attached hydrogens (tertiary/aromatic N) is 1. The van der Waals surface area contributed by atoms with E-state index in [1.54, 1.807) is 0 Å². The summed E-state index contributed by atoms with van der Waals surface area (Å²) in [6, 6.07) is 17.5. The molecule has 0 spiro atoms. The van der Waals surface area contributed by atoms with Gasteiger partial charge in [-0.25, -0.2) is 0 Å². The van der Waals surface area contributed by atoms with E-state index in [4.69, 9.17) is 4.74 Å². The van der Waals surface area contributed by atoms with Crippen molar-refractivity contribution in [3.05, 3.63) is 59.7 Å². The summed E-state index contributed by atoms with van der Waals surface area (Å²) in [4.78, 5) is 2.52. The van der Waals surface area contributed by atoms with Crippen LogP contribution in [-0.4, -0.2) is 30.7 Å². The zero-order valence-corrected chi connectivity index (χ0v) is 13.6. The summed E-state index contributed by atoms with van der Waals surface area (Å²) in [6.45, 7) is 8.26. The van der Waals surface area contributed by atoms with Gasteiger partial charge in [0.2, 0.25) is 0 Å². The monoisotopic (exact) mass is 295 g/mol. The Kier molecular flexibility index (Phi) is 4.91. The Balaban J connectivity index is 1.80. The van der Waals surface area contributed by atoms with Crippen LogP contribution in [0, 0.1) is 6.92 Å². The lowest BCUT2D eigenvalue weighted by atomic mass is 9.97. The van der Waals surface area contributed by atoms with Crippen LogP contribution in [0.5, 0.6) is 0 Å². The number of hydrogen-bond acceptors (Lipinski definition) is 2. The van der Waals surface area contributed by atoms with E-state index < -0.39 is 0 Å². The van der Waals surface area contributed by atoms with E-state index in [0.717, 1.165) is 32.7 Å². The highest BCUT2D eigenvalue weighted by atomic mass is 16.5. The standard InChI is InChI=1S/C20H25NO/c1-3-22-19-11-12-21(15-19)14-18-13-16(2)9-10-20(18)17-7-5-4-6-8-17/h4-10,13,19H,3,11-12,14-15H2,1-2H3. The lowest BCUT2D eigenvalue weighted by Gasteiger charge is -2.19. The molecule has 2 nitrogen and oxygen atoms in total. The Hall–Kier alpha value is -1.64. The highest BCUT2D eigenvalue weighted by molar-refractivity contribution is 5.67. The first-order valence-electron chi connectivity index (χ1n) is 8.25. The molecule has 22 heavy (non-hydrogen) atoms. The first-order valence-corrected chi connectivity index (χ1v) is 8.25. The second kappa shape index (κ2) is 7.08. The molecule has 0 bridgehead atoms. The van der Waals surface area contributed by atoms with Gasteiger partial charge in [-0.3, -0.25) is 4.90 Å².